The van der Waals surface area contributed by atoms with Gasteiger partial charge in [0.25, 0.3) is 0 Å². The average molecular weight is 329 g/mol. The van der Waals surface area contributed by atoms with Crippen LogP contribution in [-0.2, 0) is 14.6 Å². The van der Waals surface area contributed by atoms with Gasteiger partial charge in [0.1, 0.15) is 5.82 Å². The zero-order valence-corrected chi connectivity index (χ0v) is 13.0. The van der Waals surface area contributed by atoms with Crippen LogP contribution in [0.15, 0.2) is 23.1 Å². The summed E-state index contributed by atoms with van der Waals surface area (Å²) in [5.41, 5.74) is 0.792. The highest BCUT2D eigenvalue weighted by atomic mass is 32.2. The molecule has 2 unspecified atom stereocenters. The molecule has 0 bridgehead atoms. The van der Waals surface area contributed by atoms with Crippen LogP contribution < -0.4 is 5.32 Å². The molecule has 1 saturated heterocycles. The third-order valence-electron chi connectivity index (χ3n) is 3.93. The van der Waals surface area contributed by atoms with Crippen LogP contribution in [0.25, 0.3) is 0 Å². The molecule has 0 radical (unpaired) electrons. The Bertz CT molecular complexity index is 675. The first kappa shape index (κ1) is 14.8. The van der Waals surface area contributed by atoms with Crippen molar-refractivity contribution in [2.75, 3.05) is 17.3 Å². The number of amides is 1. The number of carbonyl (C=O) groups excluding carboxylic acids is 1. The van der Waals surface area contributed by atoms with E-state index in [0.29, 0.717) is 6.42 Å². The largest absolute Gasteiger partial charge is 0.349 e. The van der Waals surface area contributed by atoms with Gasteiger partial charge < -0.3 is 5.32 Å². The van der Waals surface area contributed by atoms with Gasteiger partial charge in [0.2, 0.25) is 5.91 Å². The van der Waals surface area contributed by atoms with Crippen LogP contribution in [0.4, 0.5) is 4.39 Å². The molecule has 4 nitrogen and oxygen atoms in total. The van der Waals surface area contributed by atoms with Crippen molar-refractivity contribution < 1.29 is 17.6 Å². The Labute approximate surface area is 127 Å². The molecule has 0 saturated carbocycles. The van der Waals surface area contributed by atoms with Gasteiger partial charge >= 0.3 is 0 Å². The number of thioether (sulfide) groups is 1. The topological polar surface area (TPSA) is 63.2 Å². The molecule has 21 heavy (non-hydrogen) atoms. The van der Waals surface area contributed by atoms with Gasteiger partial charge in [-0.3, -0.25) is 4.79 Å². The molecule has 1 aromatic rings. The summed E-state index contributed by atoms with van der Waals surface area (Å²) >= 11 is 1.65. The fraction of sp³-hybridized carbons (Fsp3) is 0.500. The number of hydrogen-bond donors (Lipinski definition) is 1. The summed E-state index contributed by atoms with van der Waals surface area (Å²) < 4.78 is 36.3. The highest BCUT2D eigenvalue weighted by molar-refractivity contribution is 7.99. The van der Waals surface area contributed by atoms with E-state index in [9.17, 15) is 17.6 Å². The summed E-state index contributed by atoms with van der Waals surface area (Å²) in [5, 5.41) is 2.90. The van der Waals surface area contributed by atoms with Crippen LogP contribution >= 0.6 is 11.8 Å². The van der Waals surface area contributed by atoms with Crippen LogP contribution in [0.5, 0.6) is 0 Å². The maximum Gasteiger partial charge on any atom is 0.224 e. The molecule has 0 spiro atoms. The zero-order chi connectivity index (χ0) is 15.0. The van der Waals surface area contributed by atoms with E-state index in [0.717, 1.165) is 22.6 Å². The van der Waals surface area contributed by atoms with E-state index in [1.54, 1.807) is 17.8 Å². The Hall–Kier alpha value is -1.08. The summed E-state index contributed by atoms with van der Waals surface area (Å²) in [6.45, 7) is 0. The lowest BCUT2D eigenvalue weighted by Crippen LogP contribution is -2.36. The van der Waals surface area contributed by atoms with E-state index < -0.39 is 15.8 Å². The number of benzene rings is 1. The molecular weight excluding hydrogens is 313 g/mol. The number of fused-ring (bicyclic) bond motifs is 1. The van der Waals surface area contributed by atoms with Crippen molar-refractivity contribution in [1.82, 2.24) is 5.32 Å². The van der Waals surface area contributed by atoms with Gasteiger partial charge in [-0.25, -0.2) is 12.8 Å². The lowest BCUT2D eigenvalue weighted by atomic mass is 10.0. The third-order valence-corrected chi connectivity index (χ3v) is 6.82. The molecule has 1 amide bonds. The fourth-order valence-electron chi connectivity index (χ4n) is 2.81. The lowest BCUT2D eigenvalue weighted by Gasteiger charge is -2.27. The van der Waals surface area contributed by atoms with Crippen molar-refractivity contribution >= 4 is 27.5 Å². The summed E-state index contributed by atoms with van der Waals surface area (Å²) in [4.78, 5) is 13.2. The molecule has 114 valence electrons. The van der Waals surface area contributed by atoms with Crippen molar-refractivity contribution in [3.8, 4) is 0 Å². The van der Waals surface area contributed by atoms with E-state index in [1.165, 1.54) is 12.1 Å². The minimum atomic E-state index is -3.07. The van der Waals surface area contributed by atoms with Crippen LogP contribution in [0.3, 0.4) is 0 Å². The Morgan fingerprint density at radius 2 is 2.14 bits per heavy atom. The maximum absolute atomic E-state index is 13.4. The number of rotatable bonds is 2. The molecule has 7 heteroatoms. The van der Waals surface area contributed by atoms with Crippen molar-refractivity contribution in [2.45, 2.75) is 23.8 Å². The van der Waals surface area contributed by atoms with E-state index in [-0.39, 0.29) is 29.3 Å². The second-order valence-corrected chi connectivity index (χ2v) is 8.85. The quantitative estimate of drug-likeness (QED) is 0.900. The Balaban J connectivity index is 1.75. The highest BCUT2D eigenvalue weighted by Crippen LogP contribution is 2.36. The summed E-state index contributed by atoms with van der Waals surface area (Å²) in [6.07, 6.45) is 1.11. The van der Waals surface area contributed by atoms with E-state index in [2.05, 4.69) is 5.32 Å². The lowest BCUT2D eigenvalue weighted by molar-refractivity contribution is -0.125. The molecule has 2 atom stereocenters. The first-order chi connectivity index (χ1) is 9.94. The predicted octanol–water partition coefficient (Wildman–Crippen LogP) is 1.91. The minimum absolute atomic E-state index is 0.0731. The highest BCUT2D eigenvalue weighted by Gasteiger charge is 2.34. The van der Waals surface area contributed by atoms with Gasteiger partial charge in [-0.1, -0.05) is 0 Å². The Kier molecular flexibility index (Phi) is 3.96. The van der Waals surface area contributed by atoms with Gasteiger partial charge in [0.15, 0.2) is 9.84 Å². The van der Waals surface area contributed by atoms with E-state index >= 15 is 0 Å². The van der Waals surface area contributed by atoms with Gasteiger partial charge in [-0.2, -0.15) is 0 Å². The standard InChI is InChI=1S/C14H16FNO3S2/c15-10-1-2-13-11(7-10)12(3-5-20-13)16-14(17)9-4-6-21(18,19)8-9/h1-2,7,9,12H,3-6,8H2,(H,16,17). The third kappa shape index (κ3) is 3.23. The number of carbonyl (C=O) groups is 1. The molecule has 3 rings (SSSR count). The van der Waals surface area contributed by atoms with Crippen LogP contribution in [0.2, 0.25) is 0 Å². The van der Waals surface area contributed by atoms with Crippen LogP contribution in [0.1, 0.15) is 24.4 Å². The molecule has 2 aliphatic rings. The molecule has 2 heterocycles. The summed E-state index contributed by atoms with van der Waals surface area (Å²) in [7, 11) is -3.07. The molecular formula is C14H16FNO3S2. The average Bonchev–Trinajstić information content (AvgIpc) is 2.80. The smallest absolute Gasteiger partial charge is 0.224 e. The molecule has 2 aliphatic heterocycles. The van der Waals surface area contributed by atoms with E-state index in [4.69, 9.17) is 0 Å². The van der Waals surface area contributed by atoms with Crippen molar-refractivity contribution in [1.29, 1.82) is 0 Å². The van der Waals surface area contributed by atoms with Crippen molar-refractivity contribution in [3.63, 3.8) is 0 Å². The number of nitrogens with one attached hydrogen (secondary N) is 1. The van der Waals surface area contributed by atoms with Crippen LogP contribution in [-0.4, -0.2) is 31.6 Å². The molecule has 1 aromatic carbocycles. The number of halogens is 1. The molecule has 0 aromatic heterocycles. The van der Waals surface area contributed by atoms with E-state index in [1.807, 2.05) is 0 Å². The summed E-state index contributed by atoms with van der Waals surface area (Å²) in [6, 6.07) is 4.37. The second-order valence-electron chi connectivity index (χ2n) is 5.48. The van der Waals surface area contributed by atoms with Crippen LogP contribution in [0, 0.1) is 11.7 Å². The fourth-order valence-corrected chi connectivity index (χ4v) is 5.65. The monoisotopic (exact) mass is 329 g/mol. The summed E-state index contributed by atoms with van der Waals surface area (Å²) in [5.74, 6) is -0.164. The SMILES string of the molecule is O=C(NC1CCSc2ccc(F)cc21)C1CCS(=O)(=O)C1. The van der Waals surface area contributed by atoms with Gasteiger partial charge in [-0.15, -0.1) is 11.8 Å². The Morgan fingerprint density at radius 1 is 1.33 bits per heavy atom. The molecule has 1 N–H and O–H groups in total. The van der Waals surface area contributed by atoms with Gasteiger partial charge in [-0.05, 0) is 36.6 Å². The number of sulfone groups is 1. The van der Waals surface area contributed by atoms with Crippen molar-refractivity contribution in [3.05, 3.63) is 29.6 Å². The van der Waals surface area contributed by atoms with Gasteiger partial charge in [0, 0.05) is 10.6 Å². The maximum atomic E-state index is 13.4. The Morgan fingerprint density at radius 3 is 2.86 bits per heavy atom. The minimum Gasteiger partial charge on any atom is -0.349 e. The first-order valence-corrected chi connectivity index (χ1v) is 9.68. The van der Waals surface area contributed by atoms with Crippen molar-refractivity contribution in [2.24, 2.45) is 5.92 Å². The molecule has 1 fully saturated rings. The normalized spacial score (nSPS) is 27.1. The molecule has 0 aliphatic carbocycles. The van der Waals surface area contributed by atoms with Gasteiger partial charge in [0.05, 0.1) is 23.5 Å². The predicted molar refractivity (Wildman–Crippen MR) is 79.4 cm³/mol. The first-order valence-electron chi connectivity index (χ1n) is 6.88. The zero-order valence-electron chi connectivity index (χ0n) is 11.3. The number of hydrogen-bond acceptors (Lipinski definition) is 4. The second kappa shape index (κ2) is 5.61.